The highest BCUT2D eigenvalue weighted by molar-refractivity contribution is 7.09. The van der Waals surface area contributed by atoms with Crippen molar-refractivity contribution < 1.29 is 17.9 Å². The molecule has 2 heterocycles. The van der Waals surface area contributed by atoms with Gasteiger partial charge in [0.05, 0.1) is 19.8 Å². The van der Waals surface area contributed by atoms with Crippen molar-refractivity contribution >= 4 is 17.3 Å². The molecule has 1 aliphatic rings. The molecule has 1 fully saturated rings. The molecule has 1 aliphatic heterocycles. The first-order chi connectivity index (χ1) is 12.5. The van der Waals surface area contributed by atoms with Gasteiger partial charge in [0, 0.05) is 31.6 Å². The molecule has 0 atom stereocenters. The van der Waals surface area contributed by atoms with Crippen LogP contribution < -0.4 is 10.6 Å². The fraction of sp³-hybridized carbons (Fsp3) is 0.750. The van der Waals surface area contributed by atoms with Crippen LogP contribution >= 0.6 is 11.3 Å². The number of morpholine rings is 1. The summed E-state index contributed by atoms with van der Waals surface area (Å²) in [5.74, 6) is 0.600. The van der Waals surface area contributed by atoms with Gasteiger partial charge in [0.1, 0.15) is 5.01 Å². The largest absolute Gasteiger partial charge is 0.434 e. The van der Waals surface area contributed by atoms with Gasteiger partial charge < -0.3 is 15.4 Å². The van der Waals surface area contributed by atoms with Gasteiger partial charge in [-0.2, -0.15) is 13.2 Å². The van der Waals surface area contributed by atoms with Crippen molar-refractivity contribution in [3.8, 4) is 0 Å². The van der Waals surface area contributed by atoms with E-state index < -0.39 is 11.9 Å². The number of unbranched alkanes of at least 4 members (excludes halogenated alkanes) is 1. The number of guanidine groups is 1. The molecule has 6 nitrogen and oxygen atoms in total. The molecular formula is C16H26F3N5OS. The quantitative estimate of drug-likeness (QED) is 0.403. The van der Waals surface area contributed by atoms with Crippen LogP contribution in [0.4, 0.5) is 13.2 Å². The summed E-state index contributed by atoms with van der Waals surface area (Å²) in [4.78, 5) is 10.3. The Morgan fingerprint density at radius 3 is 2.73 bits per heavy atom. The van der Waals surface area contributed by atoms with E-state index in [0.717, 1.165) is 69.0 Å². The maximum atomic E-state index is 12.6. The molecule has 0 radical (unpaired) electrons. The van der Waals surface area contributed by atoms with Crippen LogP contribution in [0.25, 0.3) is 0 Å². The van der Waals surface area contributed by atoms with E-state index in [2.05, 4.69) is 25.5 Å². The third-order valence-electron chi connectivity index (χ3n) is 3.86. The molecule has 26 heavy (non-hydrogen) atoms. The van der Waals surface area contributed by atoms with Crippen molar-refractivity contribution in [3.05, 3.63) is 16.1 Å². The number of halogens is 3. The summed E-state index contributed by atoms with van der Waals surface area (Å²) < 4.78 is 43.0. The highest BCUT2D eigenvalue weighted by Gasteiger charge is 2.33. The molecule has 10 heteroatoms. The Morgan fingerprint density at radius 1 is 1.31 bits per heavy atom. The number of nitrogens with one attached hydrogen (secondary N) is 2. The Hall–Kier alpha value is -1.39. The zero-order valence-electron chi connectivity index (χ0n) is 14.9. The Bertz CT molecular complexity index is 558. The topological polar surface area (TPSA) is 61.8 Å². The van der Waals surface area contributed by atoms with E-state index in [0.29, 0.717) is 17.5 Å². The first kappa shape index (κ1) is 20.9. The molecule has 0 aromatic carbocycles. The standard InChI is InChI=1S/C16H26F3N5OS/c1-2-20-15(21-5-3-4-6-24-7-9-25-10-8-24)22-11-14-23-13(12-26-14)16(17,18)19/h12H,2-11H2,1H3,(H2,20,21,22). The van der Waals surface area contributed by atoms with Gasteiger partial charge in [-0.3, -0.25) is 4.90 Å². The maximum Gasteiger partial charge on any atom is 0.434 e. The summed E-state index contributed by atoms with van der Waals surface area (Å²) in [5.41, 5.74) is -0.853. The second kappa shape index (κ2) is 10.7. The van der Waals surface area contributed by atoms with Gasteiger partial charge in [-0.15, -0.1) is 11.3 Å². The smallest absolute Gasteiger partial charge is 0.379 e. The Labute approximate surface area is 155 Å². The van der Waals surface area contributed by atoms with Crippen molar-refractivity contribution in [2.75, 3.05) is 45.9 Å². The zero-order valence-corrected chi connectivity index (χ0v) is 15.8. The van der Waals surface area contributed by atoms with Gasteiger partial charge in [-0.05, 0) is 26.3 Å². The second-order valence-electron chi connectivity index (χ2n) is 5.91. The lowest BCUT2D eigenvalue weighted by Gasteiger charge is -2.26. The van der Waals surface area contributed by atoms with E-state index in [9.17, 15) is 13.2 Å². The van der Waals surface area contributed by atoms with Gasteiger partial charge >= 0.3 is 6.18 Å². The van der Waals surface area contributed by atoms with Crippen LogP contribution in [0.2, 0.25) is 0 Å². The Morgan fingerprint density at radius 2 is 2.08 bits per heavy atom. The fourth-order valence-corrected chi connectivity index (χ4v) is 3.22. The average Bonchev–Trinajstić information content (AvgIpc) is 3.09. The van der Waals surface area contributed by atoms with E-state index in [4.69, 9.17) is 4.74 Å². The molecule has 2 rings (SSSR count). The molecule has 0 aliphatic carbocycles. The summed E-state index contributed by atoms with van der Waals surface area (Å²) >= 11 is 0.975. The molecule has 1 aromatic heterocycles. The number of aliphatic imine (C=N–C) groups is 1. The summed E-state index contributed by atoms with van der Waals surface area (Å²) in [6, 6.07) is 0. The molecule has 1 aromatic rings. The average molecular weight is 393 g/mol. The molecule has 0 bridgehead atoms. The molecular weight excluding hydrogens is 367 g/mol. The van der Waals surface area contributed by atoms with Crippen LogP contribution in [0, 0.1) is 0 Å². The van der Waals surface area contributed by atoms with Crippen LogP contribution in [-0.2, 0) is 17.5 Å². The number of hydrogen-bond donors (Lipinski definition) is 2. The number of aromatic nitrogens is 1. The van der Waals surface area contributed by atoms with E-state index in [1.165, 1.54) is 0 Å². The van der Waals surface area contributed by atoms with E-state index in [1.807, 2.05) is 6.92 Å². The normalized spacial score (nSPS) is 16.7. The summed E-state index contributed by atoms with van der Waals surface area (Å²) in [6.45, 7) is 8.18. The number of hydrogen-bond acceptors (Lipinski definition) is 5. The van der Waals surface area contributed by atoms with Crippen molar-refractivity contribution in [3.63, 3.8) is 0 Å². The third kappa shape index (κ3) is 7.46. The Balaban J connectivity index is 1.71. The number of ether oxygens (including phenoxy) is 1. The summed E-state index contributed by atoms with van der Waals surface area (Å²) in [5, 5.41) is 7.69. The van der Waals surface area contributed by atoms with Crippen LogP contribution in [0.3, 0.4) is 0 Å². The third-order valence-corrected chi connectivity index (χ3v) is 4.69. The maximum absolute atomic E-state index is 12.6. The molecule has 0 unspecified atom stereocenters. The highest BCUT2D eigenvalue weighted by Crippen LogP contribution is 2.30. The van der Waals surface area contributed by atoms with E-state index >= 15 is 0 Å². The second-order valence-corrected chi connectivity index (χ2v) is 6.85. The van der Waals surface area contributed by atoms with Crippen molar-refractivity contribution in [1.82, 2.24) is 20.5 Å². The first-order valence-electron chi connectivity index (χ1n) is 8.83. The van der Waals surface area contributed by atoms with Crippen LogP contribution in [0.15, 0.2) is 10.4 Å². The van der Waals surface area contributed by atoms with Crippen LogP contribution in [-0.4, -0.2) is 61.8 Å². The predicted octanol–water partition coefficient (Wildman–Crippen LogP) is 2.33. The van der Waals surface area contributed by atoms with Gasteiger partial charge in [-0.1, -0.05) is 0 Å². The molecule has 1 saturated heterocycles. The van der Waals surface area contributed by atoms with Crippen LogP contribution in [0.1, 0.15) is 30.5 Å². The van der Waals surface area contributed by atoms with E-state index in [1.54, 1.807) is 0 Å². The van der Waals surface area contributed by atoms with E-state index in [-0.39, 0.29) is 6.54 Å². The first-order valence-corrected chi connectivity index (χ1v) is 9.71. The lowest BCUT2D eigenvalue weighted by molar-refractivity contribution is -0.140. The van der Waals surface area contributed by atoms with Gasteiger partial charge in [0.25, 0.3) is 0 Å². The lowest BCUT2D eigenvalue weighted by Crippen LogP contribution is -2.39. The van der Waals surface area contributed by atoms with Crippen molar-refractivity contribution in [2.24, 2.45) is 4.99 Å². The number of alkyl halides is 3. The highest BCUT2D eigenvalue weighted by atomic mass is 32.1. The molecule has 0 amide bonds. The van der Waals surface area contributed by atoms with Gasteiger partial charge in [0.2, 0.25) is 0 Å². The fourth-order valence-electron chi connectivity index (χ4n) is 2.49. The number of nitrogens with zero attached hydrogens (tertiary/aromatic N) is 3. The van der Waals surface area contributed by atoms with Crippen LogP contribution in [0.5, 0.6) is 0 Å². The SMILES string of the molecule is CCNC(=NCc1nc(C(F)(F)F)cs1)NCCCCN1CCOCC1. The Kier molecular flexibility index (Phi) is 8.60. The van der Waals surface area contributed by atoms with Crippen molar-refractivity contribution in [2.45, 2.75) is 32.5 Å². The molecule has 0 spiro atoms. The van der Waals surface area contributed by atoms with Gasteiger partial charge in [0.15, 0.2) is 11.7 Å². The van der Waals surface area contributed by atoms with Gasteiger partial charge in [-0.25, -0.2) is 9.98 Å². The monoisotopic (exact) mass is 393 g/mol. The number of thiazole rings is 1. The van der Waals surface area contributed by atoms with Crippen molar-refractivity contribution in [1.29, 1.82) is 0 Å². The lowest BCUT2D eigenvalue weighted by atomic mass is 10.3. The molecule has 0 saturated carbocycles. The molecule has 148 valence electrons. The minimum atomic E-state index is -4.40. The summed E-state index contributed by atoms with van der Waals surface area (Å²) in [6.07, 6.45) is -2.33. The minimum absolute atomic E-state index is 0.129. The minimum Gasteiger partial charge on any atom is -0.379 e. The predicted molar refractivity (Wildman–Crippen MR) is 96.4 cm³/mol. The zero-order chi connectivity index (χ0) is 18.8. The number of rotatable bonds is 8. The molecule has 2 N–H and O–H groups in total. The summed E-state index contributed by atoms with van der Waals surface area (Å²) in [7, 11) is 0.